The Morgan fingerprint density at radius 2 is 1.42 bits per heavy atom. The SMILES string of the molecule is [N-]=[N+]=Nc1ccc(S(=O)(=O)c2ccc(N)cc2)cc1. The molecule has 0 radical (unpaired) electrons. The maximum atomic E-state index is 12.3. The van der Waals surface area contributed by atoms with E-state index >= 15 is 0 Å². The molecule has 2 N–H and O–H groups in total. The van der Waals surface area contributed by atoms with Crippen LogP contribution < -0.4 is 5.73 Å². The molecule has 0 unspecified atom stereocenters. The van der Waals surface area contributed by atoms with Gasteiger partial charge in [0.25, 0.3) is 0 Å². The maximum absolute atomic E-state index is 12.3. The van der Waals surface area contributed by atoms with Crippen LogP contribution in [0.2, 0.25) is 0 Å². The molecule has 96 valence electrons. The molecule has 0 spiro atoms. The zero-order chi connectivity index (χ0) is 13.9. The lowest BCUT2D eigenvalue weighted by molar-refractivity contribution is 0.596. The first-order chi connectivity index (χ1) is 9.04. The molecule has 0 saturated carbocycles. The molecule has 0 amide bonds. The molecular weight excluding hydrogens is 264 g/mol. The first-order valence-corrected chi connectivity index (χ1v) is 6.78. The van der Waals surface area contributed by atoms with E-state index in [-0.39, 0.29) is 9.79 Å². The highest BCUT2D eigenvalue weighted by Gasteiger charge is 2.16. The van der Waals surface area contributed by atoms with Gasteiger partial charge in [0.1, 0.15) is 0 Å². The Balaban J connectivity index is 2.44. The maximum Gasteiger partial charge on any atom is 0.206 e. The van der Waals surface area contributed by atoms with E-state index in [4.69, 9.17) is 11.3 Å². The molecule has 0 saturated heterocycles. The van der Waals surface area contributed by atoms with E-state index in [9.17, 15) is 8.42 Å². The van der Waals surface area contributed by atoms with Crippen molar-refractivity contribution >= 4 is 21.2 Å². The minimum absolute atomic E-state index is 0.133. The molecule has 6 nitrogen and oxygen atoms in total. The standard InChI is InChI=1S/C12H10N4O2S/c13-9-1-5-11(6-2-9)19(17,18)12-7-3-10(4-8-12)15-16-14/h1-8H,13H2. The second-order valence-corrected chi connectivity index (χ2v) is 5.71. The average Bonchev–Trinajstić information content (AvgIpc) is 2.40. The molecular formula is C12H10N4O2S. The number of nitrogen functional groups attached to an aromatic ring is 1. The fourth-order valence-corrected chi connectivity index (χ4v) is 2.79. The fourth-order valence-electron chi connectivity index (χ4n) is 1.53. The van der Waals surface area contributed by atoms with E-state index in [1.165, 1.54) is 48.5 Å². The predicted octanol–water partition coefficient (Wildman–Crippen LogP) is 3.04. The first-order valence-electron chi connectivity index (χ1n) is 5.30. The summed E-state index contributed by atoms with van der Waals surface area (Å²) in [6.45, 7) is 0. The Bertz CT molecular complexity index is 730. The van der Waals surface area contributed by atoms with Gasteiger partial charge in [-0.3, -0.25) is 0 Å². The third-order valence-corrected chi connectivity index (χ3v) is 4.28. The van der Waals surface area contributed by atoms with Crippen LogP contribution in [-0.4, -0.2) is 8.42 Å². The van der Waals surface area contributed by atoms with Crippen LogP contribution in [0.5, 0.6) is 0 Å². The van der Waals surface area contributed by atoms with Crippen molar-refractivity contribution in [3.8, 4) is 0 Å². The van der Waals surface area contributed by atoms with Gasteiger partial charge in [-0.15, -0.1) is 0 Å². The van der Waals surface area contributed by atoms with E-state index in [1.54, 1.807) is 0 Å². The van der Waals surface area contributed by atoms with Crippen LogP contribution in [0.3, 0.4) is 0 Å². The van der Waals surface area contributed by atoms with Crippen LogP contribution in [0.1, 0.15) is 0 Å². The second-order valence-electron chi connectivity index (χ2n) is 3.76. The van der Waals surface area contributed by atoms with E-state index in [2.05, 4.69) is 10.0 Å². The van der Waals surface area contributed by atoms with Crippen molar-refractivity contribution in [2.24, 2.45) is 5.11 Å². The molecule has 0 aliphatic heterocycles. The lowest BCUT2D eigenvalue weighted by atomic mass is 10.3. The van der Waals surface area contributed by atoms with Crippen molar-refractivity contribution in [2.45, 2.75) is 9.79 Å². The summed E-state index contributed by atoms with van der Waals surface area (Å²) < 4.78 is 24.5. The van der Waals surface area contributed by atoms with Gasteiger partial charge in [-0.2, -0.15) is 0 Å². The van der Waals surface area contributed by atoms with Gasteiger partial charge in [0.15, 0.2) is 0 Å². The highest BCUT2D eigenvalue weighted by Crippen LogP contribution is 2.23. The van der Waals surface area contributed by atoms with Crippen LogP contribution >= 0.6 is 0 Å². The summed E-state index contributed by atoms with van der Waals surface area (Å²) in [5.41, 5.74) is 14.7. The van der Waals surface area contributed by atoms with Gasteiger partial charge in [-0.25, -0.2) is 8.42 Å². The van der Waals surface area contributed by atoms with Crippen molar-refractivity contribution in [3.63, 3.8) is 0 Å². The zero-order valence-corrected chi connectivity index (χ0v) is 10.6. The van der Waals surface area contributed by atoms with Crippen molar-refractivity contribution in [1.29, 1.82) is 0 Å². The van der Waals surface area contributed by atoms with Crippen LogP contribution in [0, 0.1) is 0 Å². The van der Waals surface area contributed by atoms with Gasteiger partial charge in [-0.05, 0) is 41.9 Å². The van der Waals surface area contributed by atoms with E-state index in [0.29, 0.717) is 11.4 Å². The monoisotopic (exact) mass is 274 g/mol. The molecule has 19 heavy (non-hydrogen) atoms. The minimum Gasteiger partial charge on any atom is -0.399 e. The second kappa shape index (κ2) is 5.01. The van der Waals surface area contributed by atoms with E-state index < -0.39 is 9.84 Å². The van der Waals surface area contributed by atoms with Gasteiger partial charge < -0.3 is 5.73 Å². The Morgan fingerprint density at radius 3 is 1.89 bits per heavy atom. The quantitative estimate of drug-likeness (QED) is 0.402. The molecule has 0 aliphatic rings. The molecule has 2 aromatic rings. The summed E-state index contributed by atoms with van der Waals surface area (Å²) in [4.78, 5) is 2.93. The molecule has 2 aromatic carbocycles. The number of hydrogen-bond donors (Lipinski definition) is 1. The number of nitrogens with two attached hydrogens (primary N) is 1. The van der Waals surface area contributed by atoms with Crippen LogP contribution in [0.4, 0.5) is 11.4 Å². The predicted molar refractivity (Wildman–Crippen MR) is 71.6 cm³/mol. The number of benzene rings is 2. The number of azide groups is 1. The largest absolute Gasteiger partial charge is 0.399 e. The molecule has 7 heteroatoms. The summed E-state index contributed by atoms with van der Waals surface area (Å²) in [5, 5.41) is 3.38. The molecule has 0 aromatic heterocycles. The number of nitrogens with zero attached hydrogens (tertiary/aromatic N) is 3. The zero-order valence-electron chi connectivity index (χ0n) is 9.76. The molecule has 0 atom stereocenters. The number of hydrogen-bond acceptors (Lipinski definition) is 4. The lowest BCUT2D eigenvalue weighted by Gasteiger charge is -2.05. The summed E-state index contributed by atoms with van der Waals surface area (Å²) >= 11 is 0. The van der Waals surface area contributed by atoms with Crippen LogP contribution in [0.25, 0.3) is 10.4 Å². The molecule has 0 heterocycles. The summed E-state index contributed by atoms with van der Waals surface area (Å²) in [6, 6.07) is 11.7. The van der Waals surface area contributed by atoms with Crippen LogP contribution in [0.15, 0.2) is 63.4 Å². The van der Waals surface area contributed by atoms with Crippen molar-refractivity contribution in [1.82, 2.24) is 0 Å². The first kappa shape index (κ1) is 12.9. The van der Waals surface area contributed by atoms with E-state index in [1.807, 2.05) is 0 Å². The topological polar surface area (TPSA) is 109 Å². The number of anilines is 1. The van der Waals surface area contributed by atoms with Gasteiger partial charge >= 0.3 is 0 Å². The summed E-state index contributed by atoms with van der Waals surface area (Å²) in [5.74, 6) is 0. The van der Waals surface area contributed by atoms with Crippen molar-refractivity contribution < 1.29 is 8.42 Å². The normalized spacial score (nSPS) is 10.7. The summed E-state index contributed by atoms with van der Waals surface area (Å²) in [7, 11) is -3.58. The Kier molecular flexibility index (Phi) is 3.41. The molecule has 0 bridgehead atoms. The number of rotatable bonds is 3. The van der Waals surface area contributed by atoms with Crippen LogP contribution in [-0.2, 0) is 9.84 Å². The van der Waals surface area contributed by atoms with Gasteiger partial charge in [-0.1, -0.05) is 17.2 Å². The third-order valence-electron chi connectivity index (χ3n) is 2.50. The van der Waals surface area contributed by atoms with Gasteiger partial charge in [0.2, 0.25) is 9.84 Å². The Morgan fingerprint density at radius 1 is 0.947 bits per heavy atom. The molecule has 2 rings (SSSR count). The highest BCUT2D eigenvalue weighted by molar-refractivity contribution is 7.91. The smallest absolute Gasteiger partial charge is 0.206 e. The fraction of sp³-hybridized carbons (Fsp3) is 0. The molecule has 0 aliphatic carbocycles. The third kappa shape index (κ3) is 2.67. The minimum atomic E-state index is -3.58. The van der Waals surface area contributed by atoms with Gasteiger partial charge in [0, 0.05) is 16.3 Å². The molecule has 0 fully saturated rings. The average molecular weight is 274 g/mol. The van der Waals surface area contributed by atoms with E-state index in [0.717, 1.165) is 0 Å². The highest BCUT2D eigenvalue weighted by atomic mass is 32.2. The Hall–Kier alpha value is -2.50. The van der Waals surface area contributed by atoms with Crippen molar-refractivity contribution in [2.75, 3.05) is 5.73 Å². The number of sulfone groups is 1. The van der Waals surface area contributed by atoms with Crippen molar-refractivity contribution in [3.05, 3.63) is 59.0 Å². The Labute approximate surface area is 110 Å². The summed E-state index contributed by atoms with van der Waals surface area (Å²) in [6.07, 6.45) is 0. The van der Waals surface area contributed by atoms with Gasteiger partial charge in [0.05, 0.1) is 9.79 Å². The lowest BCUT2D eigenvalue weighted by Crippen LogP contribution is -2.01.